The summed E-state index contributed by atoms with van der Waals surface area (Å²) in [5, 5.41) is 10.5. The number of amides is 1. The third-order valence-electron chi connectivity index (χ3n) is 7.95. The van der Waals surface area contributed by atoms with Gasteiger partial charge in [0.2, 0.25) is 5.91 Å². The minimum absolute atomic E-state index is 0.170. The predicted molar refractivity (Wildman–Crippen MR) is 146 cm³/mol. The van der Waals surface area contributed by atoms with Gasteiger partial charge in [0.15, 0.2) is 0 Å². The van der Waals surface area contributed by atoms with E-state index in [0.29, 0.717) is 31.7 Å². The monoisotopic (exact) mass is 525 g/mol. The summed E-state index contributed by atoms with van der Waals surface area (Å²) < 4.78 is 18.5. The number of carbonyl (C=O) groups excluding carboxylic acids is 2. The second-order valence-corrected chi connectivity index (χ2v) is 12.5. The Bertz CT molecular complexity index is 1020. The molecule has 0 bridgehead atoms. The standard InChI is InChI=1S/C30H40NO5P/c32-28(22-37(35)29(33)18-10-15-23-11-4-1-5-12-23)31-20-26(25-16-8-3-9-17-25)19-27(31)30(34)36-21-24-13-6-2-7-14-24/h1-2,4-7,11-14,25-27,29,33,37H,3,8-10,15-22H2/t26-,27+,29?/m1/s1. The van der Waals surface area contributed by atoms with Crippen LogP contribution in [-0.2, 0) is 31.9 Å². The molecule has 0 spiro atoms. The lowest BCUT2D eigenvalue weighted by Crippen LogP contribution is -2.42. The molecule has 4 atom stereocenters. The fraction of sp³-hybridized carbons (Fsp3) is 0.533. The molecule has 1 saturated carbocycles. The largest absolute Gasteiger partial charge is 0.459 e. The van der Waals surface area contributed by atoms with E-state index in [2.05, 4.69) is 0 Å². The van der Waals surface area contributed by atoms with Gasteiger partial charge in [-0.15, -0.1) is 0 Å². The molecule has 1 aliphatic carbocycles. The molecular weight excluding hydrogens is 485 g/mol. The number of hydrogen-bond donors (Lipinski definition) is 1. The molecule has 0 radical (unpaired) electrons. The van der Waals surface area contributed by atoms with E-state index in [1.807, 2.05) is 60.7 Å². The predicted octanol–water partition coefficient (Wildman–Crippen LogP) is 5.43. The second kappa shape index (κ2) is 13.9. The summed E-state index contributed by atoms with van der Waals surface area (Å²) in [5.41, 5.74) is 2.08. The summed E-state index contributed by atoms with van der Waals surface area (Å²) in [6.07, 6.45) is 8.21. The van der Waals surface area contributed by atoms with E-state index in [0.717, 1.165) is 24.8 Å². The quantitative estimate of drug-likeness (QED) is 0.313. The highest BCUT2D eigenvalue weighted by molar-refractivity contribution is 7.46. The van der Waals surface area contributed by atoms with E-state index in [1.165, 1.54) is 24.8 Å². The first kappa shape index (κ1) is 27.6. The summed E-state index contributed by atoms with van der Waals surface area (Å²) in [6.45, 7) is 0.677. The van der Waals surface area contributed by atoms with Crippen molar-refractivity contribution < 1.29 is 24.0 Å². The number of nitrogens with zero attached hydrogens (tertiary/aromatic N) is 1. The lowest BCUT2D eigenvalue weighted by molar-refractivity contribution is -0.153. The van der Waals surface area contributed by atoms with Crippen LogP contribution in [0.2, 0.25) is 0 Å². The summed E-state index contributed by atoms with van der Waals surface area (Å²) in [7, 11) is -2.54. The number of ether oxygens (including phenoxy) is 1. The maximum Gasteiger partial charge on any atom is 0.329 e. The SMILES string of the molecule is O=C(OCc1ccccc1)[C@@H]1C[C@@H](C2CCCCC2)CN1C(=O)C[PH](=O)C(O)CCCc1ccccc1. The molecule has 2 aliphatic rings. The molecule has 2 aromatic rings. The van der Waals surface area contributed by atoms with E-state index in [-0.39, 0.29) is 24.6 Å². The molecule has 2 unspecified atom stereocenters. The zero-order valence-corrected chi connectivity index (χ0v) is 22.6. The van der Waals surface area contributed by atoms with Gasteiger partial charge >= 0.3 is 5.97 Å². The Morgan fingerprint density at radius 2 is 1.59 bits per heavy atom. The van der Waals surface area contributed by atoms with Gasteiger partial charge in [-0.25, -0.2) is 4.79 Å². The first-order chi connectivity index (χ1) is 18.0. The molecule has 7 heteroatoms. The van der Waals surface area contributed by atoms with Gasteiger partial charge in [0.25, 0.3) is 0 Å². The van der Waals surface area contributed by atoms with Crippen LogP contribution < -0.4 is 0 Å². The van der Waals surface area contributed by atoms with Gasteiger partial charge in [0, 0.05) is 6.54 Å². The number of hydrogen-bond acceptors (Lipinski definition) is 5. The van der Waals surface area contributed by atoms with E-state index in [4.69, 9.17) is 4.74 Å². The lowest BCUT2D eigenvalue weighted by atomic mass is 9.79. The van der Waals surface area contributed by atoms with Gasteiger partial charge in [0.05, 0.1) is 6.16 Å². The highest BCUT2D eigenvalue weighted by atomic mass is 31.1. The Balaban J connectivity index is 1.34. The number of aliphatic hydroxyl groups excluding tert-OH is 1. The normalized spacial score (nSPS) is 21.9. The molecule has 200 valence electrons. The van der Waals surface area contributed by atoms with Crippen LogP contribution in [-0.4, -0.2) is 46.5 Å². The minimum Gasteiger partial charge on any atom is -0.459 e. The number of carbonyl (C=O) groups is 2. The third-order valence-corrected chi connectivity index (χ3v) is 9.63. The zero-order valence-electron chi connectivity index (χ0n) is 21.6. The van der Waals surface area contributed by atoms with Crippen LogP contribution >= 0.6 is 7.80 Å². The Hall–Kier alpha value is -2.43. The van der Waals surface area contributed by atoms with Crippen molar-refractivity contribution in [2.45, 2.75) is 76.3 Å². The van der Waals surface area contributed by atoms with E-state index in [1.54, 1.807) is 4.90 Å². The number of aryl methyl sites for hydroxylation is 1. The summed E-state index contributed by atoms with van der Waals surface area (Å²) in [6, 6.07) is 18.9. The van der Waals surface area contributed by atoms with Crippen molar-refractivity contribution >= 4 is 19.7 Å². The number of rotatable bonds is 11. The van der Waals surface area contributed by atoms with Crippen LogP contribution in [0.5, 0.6) is 0 Å². The molecule has 1 amide bonds. The minimum atomic E-state index is -2.54. The summed E-state index contributed by atoms with van der Waals surface area (Å²) >= 11 is 0. The zero-order chi connectivity index (χ0) is 26.0. The van der Waals surface area contributed by atoms with Crippen molar-refractivity contribution in [3.63, 3.8) is 0 Å². The van der Waals surface area contributed by atoms with Crippen molar-refractivity contribution in [2.24, 2.45) is 11.8 Å². The Morgan fingerprint density at radius 1 is 0.946 bits per heavy atom. The van der Waals surface area contributed by atoms with Gasteiger partial charge in [-0.05, 0) is 48.6 Å². The Morgan fingerprint density at radius 3 is 2.27 bits per heavy atom. The van der Waals surface area contributed by atoms with E-state index in [9.17, 15) is 19.3 Å². The molecule has 1 heterocycles. The third kappa shape index (κ3) is 8.02. The van der Waals surface area contributed by atoms with Crippen LogP contribution in [0.25, 0.3) is 0 Å². The van der Waals surface area contributed by atoms with Crippen LogP contribution in [0, 0.1) is 11.8 Å². The first-order valence-corrected chi connectivity index (χ1v) is 15.4. The smallest absolute Gasteiger partial charge is 0.329 e. The van der Waals surface area contributed by atoms with Gasteiger partial charge in [-0.3, -0.25) is 4.79 Å². The molecule has 2 aromatic carbocycles. The fourth-order valence-corrected chi connectivity index (χ4v) is 7.08. The molecule has 1 saturated heterocycles. The molecule has 1 aliphatic heterocycles. The van der Waals surface area contributed by atoms with Crippen molar-refractivity contribution in [3.05, 3.63) is 71.8 Å². The highest BCUT2D eigenvalue weighted by Crippen LogP contribution is 2.39. The fourth-order valence-electron chi connectivity index (χ4n) is 5.81. The number of aliphatic hydroxyl groups is 1. The molecule has 1 N–H and O–H groups in total. The van der Waals surface area contributed by atoms with E-state index < -0.39 is 25.7 Å². The van der Waals surface area contributed by atoms with Crippen LogP contribution in [0.1, 0.15) is 62.5 Å². The molecule has 4 rings (SSSR count). The average Bonchev–Trinajstić information content (AvgIpc) is 3.39. The van der Waals surface area contributed by atoms with Crippen molar-refractivity contribution in [2.75, 3.05) is 12.7 Å². The number of benzene rings is 2. The lowest BCUT2D eigenvalue weighted by Gasteiger charge is -2.27. The highest BCUT2D eigenvalue weighted by Gasteiger charge is 2.43. The molecular formula is C30H40NO5P. The van der Waals surface area contributed by atoms with Crippen LogP contribution in [0.4, 0.5) is 0 Å². The number of likely N-dealkylation sites (tertiary alicyclic amines) is 1. The summed E-state index contributed by atoms with van der Waals surface area (Å²) in [5.74, 6) is -0.907. The maximum atomic E-state index is 13.3. The first-order valence-electron chi connectivity index (χ1n) is 13.8. The van der Waals surface area contributed by atoms with Gasteiger partial charge in [0.1, 0.15) is 26.3 Å². The average molecular weight is 526 g/mol. The summed E-state index contributed by atoms with van der Waals surface area (Å²) in [4.78, 5) is 28.0. The van der Waals surface area contributed by atoms with Gasteiger partial charge < -0.3 is 19.3 Å². The van der Waals surface area contributed by atoms with Crippen LogP contribution in [0.3, 0.4) is 0 Å². The molecule has 37 heavy (non-hydrogen) atoms. The molecule has 0 aromatic heterocycles. The van der Waals surface area contributed by atoms with Gasteiger partial charge in [-0.1, -0.05) is 92.8 Å². The second-order valence-electron chi connectivity index (χ2n) is 10.6. The number of esters is 1. The molecule has 6 nitrogen and oxygen atoms in total. The maximum absolute atomic E-state index is 13.3. The van der Waals surface area contributed by atoms with Crippen molar-refractivity contribution in [1.29, 1.82) is 0 Å². The molecule has 2 fully saturated rings. The van der Waals surface area contributed by atoms with Gasteiger partial charge in [-0.2, -0.15) is 0 Å². The Labute approximate surface area is 221 Å². The van der Waals surface area contributed by atoms with Crippen LogP contribution in [0.15, 0.2) is 60.7 Å². The van der Waals surface area contributed by atoms with Crippen molar-refractivity contribution in [3.8, 4) is 0 Å². The van der Waals surface area contributed by atoms with Crippen molar-refractivity contribution in [1.82, 2.24) is 4.90 Å². The Kier molecular flexibility index (Phi) is 10.4. The topological polar surface area (TPSA) is 83.9 Å². The van der Waals surface area contributed by atoms with E-state index >= 15 is 0 Å².